The number of hydrogen-bond donors (Lipinski definition) is 1. The minimum Gasteiger partial charge on any atom is -0.308 e. The second kappa shape index (κ2) is 6.32. The Balaban J connectivity index is 1.83. The van der Waals surface area contributed by atoms with E-state index in [4.69, 9.17) is 11.6 Å². The van der Waals surface area contributed by atoms with Crippen molar-refractivity contribution in [2.24, 2.45) is 0 Å². The van der Waals surface area contributed by atoms with Gasteiger partial charge in [-0.05, 0) is 38.0 Å². The lowest BCUT2D eigenvalue weighted by Crippen LogP contribution is -2.27. The van der Waals surface area contributed by atoms with E-state index in [9.17, 15) is 0 Å². The van der Waals surface area contributed by atoms with Gasteiger partial charge in [0.1, 0.15) is 0 Å². The summed E-state index contributed by atoms with van der Waals surface area (Å²) >= 11 is 7.67. The molecule has 1 atom stereocenters. The van der Waals surface area contributed by atoms with Gasteiger partial charge in [-0.2, -0.15) is 0 Å². The monoisotopic (exact) mass is 280 g/mol. The maximum atomic E-state index is 5.97. The van der Waals surface area contributed by atoms with Crippen LogP contribution in [0.5, 0.6) is 0 Å². The zero-order valence-corrected chi connectivity index (χ0v) is 12.2. The number of nitrogens with one attached hydrogen (secondary N) is 1. The second-order valence-corrected chi connectivity index (χ2v) is 5.97. The third-order valence-corrected chi connectivity index (χ3v) is 3.79. The van der Waals surface area contributed by atoms with Crippen molar-refractivity contribution in [2.45, 2.75) is 32.9 Å². The van der Waals surface area contributed by atoms with E-state index in [-0.39, 0.29) is 0 Å². The first-order valence-electron chi connectivity index (χ1n) is 6.02. The van der Waals surface area contributed by atoms with E-state index >= 15 is 0 Å². The Morgan fingerprint density at radius 2 is 2.28 bits per heavy atom. The first-order valence-corrected chi connectivity index (χ1v) is 7.28. The Bertz CT molecular complexity index is 510. The third-order valence-electron chi connectivity index (χ3n) is 2.73. The Hall–Kier alpha value is -0.900. The van der Waals surface area contributed by atoms with Crippen molar-refractivity contribution in [1.29, 1.82) is 0 Å². The highest BCUT2D eigenvalue weighted by Crippen LogP contribution is 2.13. The molecule has 0 spiro atoms. The molecule has 4 heteroatoms. The van der Waals surface area contributed by atoms with Crippen molar-refractivity contribution in [3.63, 3.8) is 0 Å². The molecule has 0 amide bonds. The van der Waals surface area contributed by atoms with Crippen molar-refractivity contribution in [3.05, 3.63) is 50.9 Å². The number of hydrogen-bond acceptors (Lipinski definition) is 3. The van der Waals surface area contributed by atoms with Crippen LogP contribution in [-0.4, -0.2) is 11.0 Å². The van der Waals surface area contributed by atoms with Crippen LogP contribution in [0.15, 0.2) is 29.6 Å². The number of rotatable bonds is 5. The molecule has 1 heterocycles. The normalized spacial score (nSPS) is 12.6. The lowest BCUT2D eigenvalue weighted by atomic mass is 10.1. The third kappa shape index (κ3) is 4.09. The van der Waals surface area contributed by atoms with Crippen LogP contribution in [0.1, 0.15) is 23.2 Å². The fraction of sp³-hybridized carbons (Fsp3) is 0.357. The van der Waals surface area contributed by atoms with Crippen molar-refractivity contribution in [1.82, 2.24) is 10.3 Å². The summed E-state index contributed by atoms with van der Waals surface area (Å²) in [5.41, 5.74) is 2.38. The van der Waals surface area contributed by atoms with Gasteiger partial charge in [0, 0.05) is 23.0 Å². The average Bonchev–Trinajstić information content (AvgIpc) is 2.73. The van der Waals surface area contributed by atoms with Crippen LogP contribution >= 0.6 is 22.9 Å². The number of aromatic nitrogens is 1. The van der Waals surface area contributed by atoms with Gasteiger partial charge in [0.15, 0.2) is 0 Å². The number of halogens is 1. The molecule has 0 fully saturated rings. The molecule has 0 bridgehead atoms. The summed E-state index contributed by atoms with van der Waals surface area (Å²) < 4.78 is 0. The molecule has 96 valence electrons. The summed E-state index contributed by atoms with van der Waals surface area (Å²) in [7, 11) is 0. The summed E-state index contributed by atoms with van der Waals surface area (Å²) in [5.74, 6) is 0. The molecule has 2 nitrogen and oxygen atoms in total. The quantitative estimate of drug-likeness (QED) is 0.900. The maximum absolute atomic E-state index is 5.97. The minimum absolute atomic E-state index is 0.408. The molecule has 0 aliphatic carbocycles. The van der Waals surface area contributed by atoms with Gasteiger partial charge in [-0.15, -0.1) is 11.3 Å². The molecule has 2 aromatic rings. The van der Waals surface area contributed by atoms with E-state index < -0.39 is 0 Å². The molecule has 2 rings (SSSR count). The van der Waals surface area contributed by atoms with Gasteiger partial charge in [-0.25, -0.2) is 4.98 Å². The molecule has 0 saturated carbocycles. The zero-order valence-electron chi connectivity index (χ0n) is 10.6. The Morgan fingerprint density at radius 3 is 2.94 bits per heavy atom. The standard InChI is InChI=1S/C14H17ClN2S/c1-10(6-12-4-3-5-13(15)7-12)16-8-14-9-18-11(2)17-14/h3-5,7,9-10,16H,6,8H2,1-2H3. The van der Waals surface area contributed by atoms with Crippen LogP contribution in [0.4, 0.5) is 0 Å². The van der Waals surface area contributed by atoms with Crippen molar-refractivity contribution < 1.29 is 0 Å². The molecule has 1 N–H and O–H groups in total. The number of nitrogens with zero attached hydrogens (tertiary/aromatic N) is 1. The molecule has 0 radical (unpaired) electrons. The smallest absolute Gasteiger partial charge is 0.0897 e. The first kappa shape index (κ1) is 13.5. The van der Waals surface area contributed by atoms with Crippen molar-refractivity contribution in [2.75, 3.05) is 0 Å². The van der Waals surface area contributed by atoms with Crippen LogP contribution in [0.25, 0.3) is 0 Å². The summed E-state index contributed by atoms with van der Waals surface area (Å²) in [4.78, 5) is 4.44. The molecule has 1 aromatic heterocycles. The van der Waals surface area contributed by atoms with Crippen molar-refractivity contribution >= 4 is 22.9 Å². The predicted octanol–water partition coefficient (Wildman–Crippen LogP) is 3.83. The van der Waals surface area contributed by atoms with Crippen LogP contribution in [0.3, 0.4) is 0 Å². The molecule has 0 saturated heterocycles. The Morgan fingerprint density at radius 1 is 1.44 bits per heavy atom. The van der Waals surface area contributed by atoms with Gasteiger partial charge >= 0.3 is 0 Å². The molecule has 18 heavy (non-hydrogen) atoms. The summed E-state index contributed by atoms with van der Waals surface area (Å²) in [6.45, 7) is 5.04. The Labute approximate surface area is 117 Å². The Kier molecular flexibility index (Phi) is 4.75. The fourth-order valence-corrected chi connectivity index (χ4v) is 2.68. The largest absolute Gasteiger partial charge is 0.308 e. The van der Waals surface area contributed by atoms with Gasteiger partial charge in [0.25, 0.3) is 0 Å². The molecule has 1 unspecified atom stereocenters. The van der Waals surface area contributed by atoms with E-state index in [0.29, 0.717) is 6.04 Å². The lowest BCUT2D eigenvalue weighted by Gasteiger charge is -2.13. The topological polar surface area (TPSA) is 24.9 Å². The highest BCUT2D eigenvalue weighted by molar-refractivity contribution is 7.09. The van der Waals surface area contributed by atoms with Crippen LogP contribution < -0.4 is 5.32 Å². The van der Waals surface area contributed by atoms with Crippen LogP contribution in [0, 0.1) is 6.92 Å². The summed E-state index contributed by atoms with van der Waals surface area (Å²) in [5, 5.41) is 7.51. The summed E-state index contributed by atoms with van der Waals surface area (Å²) in [6, 6.07) is 8.43. The minimum atomic E-state index is 0.408. The van der Waals surface area contributed by atoms with Gasteiger partial charge in [0.2, 0.25) is 0 Å². The second-order valence-electron chi connectivity index (χ2n) is 4.47. The fourth-order valence-electron chi connectivity index (χ4n) is 1.86. The van der Waals surface area contributed by atoms with E-state index in [1.165, 1.54) is 5.56 Å². The zero-order chi connectivity index (χ0) is 13.0. The van der Waals surface area contributed by atoms with Crippen molar-refractivity contribution in [3.8, 4) is 0 Å². The highest BCUT2D eigenvalue weighted by atomic mass is 35.5. The maximum Gasteiger partial charge on any atom is 0.0897 e. The number of aryl methyl sites for hydroxylation is 1. The molecule has 1 aromatic carbocycles. The summed E-state index contributed by atoms with van der Waals surface area (Å²) in [6.07, 6.45) is 0.976. The van der Waals surface area contributed by atoms with Gasteiger partial charge < -0.3 is 5.32 Å². The average molecular weight is 281 g/mol. The lowest BCUT2D eigenvalue weighted by molar-refractivity contribution is 0.541. The van der Waals surface area contributed by atoms with E-state index in [0.717, 1.165) is 28.7 Å². The SMILES string of the molecule is Cc1nc(CNC(C)Cc2cccc(Cl)c2)cs1. The molecule has 0 aliphatic rings. The highest BCUT2D eigenvalue weighted by Gasteiger charge is 2.05. The number of thiazole rings is 1. The van der Waals surface area contributed by atoms with E-state index in [2.05, 4.69) is 28.7 Å². The van der Waals surface area contributed by atoms with Gasteiger partial charge in [0.05, 0.1) is 10.7 Å². The first-order chi connectivity index (χ1) is 8.63. The molecule has 0 aliphatic heterocycles. The molecular weight excluding hydrogens is 264 g/mol. The molecular formula is C14H17ClN2S. The van der Waals surface area contributed by atoms with E-state index in [1.54, 1.807) is 11.3 Å². The van der Waals surface area contributed by atoms with Gasteiger partial charge in [-0.1, -0.05) is 23.7 Å². The predicted molar refractivity (Wildman–Crippen MR) is 78.3 cm³/mol. The van der Waals surface area contributed by atoms with Crippen LogP contribution in [0.2, 0.25) is 5.02 Å². The number of benzene rings is 1. The van der Waals surface area contributed by atoms with Gasteiger partial charge in [-0.3, -0.25) is 0 Å². The van der Waals surface area contributed by atoms with Crippen LogP contribution in [-0.2, 0) is 13.0 Å². The van der Waals surface area contributed by atoms with E-state index in [1.807, 2.05) is 25.1 Å².